The molecule has 0 radical (unpaired) electrons. The average Bonchev–Trinajstić information content (AvgIpc) is 2.37. The molecule has 2 aromatic carbocycles. The Kier molecular flexibility index (Phi) is 3.71. The SMILES string of the molecule is Cc1ccc(NC(=O)c2cccc(F)c2Cl)cc1O. The van der Waals surface area contributed by atoms with Gasteiger partial charge in [0.2, 0.25) is 0 Å². The van der Waals surface area contributed by atoms with E-state index in [1.54, 1.807) is 19.1 Å². The number of amides is 1. The molecule has 2 rings (SSSR count). The van der Waals surface area contributed by atoms with Crippen LogP contribution in [-0.4, -0.2) is 11.0 Å². The van der Waals surface area contributed by atoms with Crippen LogP contribution in [0.15, 0.2) is 36.4 Å². The lowest BCUT2D eigenvalue weighted by molar-refractivity contribution is 0.102. The van der Waals surface area contributed by atoms with Gasteiger partial charge in [-0.3, -0.25) is 4.79 Å². The quantitative estimate of drug-likeness (QED) is 0.880. The lowest BCUT2D eigenvalue weighted by Gasteiger charge is -2.08. The smallest absolute Gasteiger partial charge is 0.257 e. The first-order valence-corrected chi connectivity index (χ1v) is 5.92. The number of carbonyl (C=O) groups is 1. The monoisotopic (exact) mass is 279 g/mol. The van der Waals surface area contributed by atoms with Crippen LogP contribution in [-0.2, 0) is 0 Å². The second-order valence-corrected chi connectivity index (χ2v) is 4.43. The van der Waals surface area contributed by atoms with Gasteiger partial charge in [0.25, 0.3) is 5.91 Å². The zero-order chi connectivity index (χ0) is 14.0. The zero-order valence-electron chi connectivity index (χ0n) is 10.1. The number of nitrogens with one attached hydrogen (secondary N) is 1. The number of hydrogen-bond donors (Lipinski definition) is 2. The van der Waals surface area contributed by atoms with Gasteiger partial charge in [-0.15, -0.1) is 0 Å². The first kappa shape index (κ1) is 13.4. The van der Waals surface area contributed by atoms with E-state index in [1.807, 2.05) is 0 Å². The van der Waals surface area contributed by atoms with Gasteiger partial charge in [0.05, 0.1) is 10.6 Å². The third-order valence-electron chi connectivity index (χ3n) is 2.66. The topological polar surface area (TPSA) is 49.3 Å². The highest BCUT2D eigenvalue weighted by Crippen LogP contribution is 2.23. The Morgan fingerprint density at radius 3 is 2.74 bits per heavy atom. The normalized spacial score (nSPS) is 10.3. The van der Waals surface area contributed by atoms with Crippen LogP contribution < -0.4 is 5.32 Å². The summed E-state index contributed by atoms with van der Waals surface area (Å²) in [6.07, 6.45) is 0. The van der Waals surface area contributed by atoms with Crippen molar-refractivity contribution in [1.29, 1.82) is 0 Å². The molecule has 0 aliphatic rings. The maximum absolute atomic E-state index is 13.2. The van der Waals surface area contributed by atoms with Crippen LogP contribution in [0.4, 0.5) is 10.1 Å². The molecule has 5 heteroatoms. The molecule has 0 bridgehead atoms. The van der Waals surface area contributed by atoms with Crippen molar-refractivity contribution in [2.24, 2.45) is 0 Å². The second kappa shape index (κ2) is 5.28. The van der Waals surface area contributed by atoms with E-state index in [0.29, 0.717) is 11.3 Å². The molecule has 0 saturated carbocycles. The molecule has 2 aromatic rings. The molecule has 2 N–H and O–H groups in total. The van der Waals surface area contributed by atoms with E-state index in [4.69, 9.17) is 11.6 Å². The van der Waals surface area contributed by atoms with Crippen molar-refractivity contribution >= 4 is 23.2 Å². The third kappa shape index (κ3) is 2.85. The highest BCUT2D eigenvalue weighted by atomic mass is 35.5. The molecule has 0 saturated heterocycles. The molecule has 98 valence electrons. The largest absolute Gasteiger partial charge is 0.508 e. The standard InChI is InChI=1S/C14H11ClFNO2/c1-8-5-6-9(7-12(8)18)17-14(19)10-3-2-4-11(16)13(10)15/h2-7,18H,1H3,(H,17,19). The van der Waals surface area contributed by atoms with E-state index in [2.05, 4.69) is 5.32 Å². The molecule has 0 aliphatic heterocycles. The average molecular weight is 280 g/mol. The zero-order valence-corrected chi connectivity index (χ0v) is 10.8. The summed E-state index contributed by atoms with van der Waals surface area (Å²) in [7, 11) is 0. The van der Waals surface area contributed by atoms with Gasteiger partial charge in [-0.1, -0.05) is 23.7 Å². The van der Waals surface area contributed by atoms with Crippen molar-refractivity contribution < 1.29 is 14.3 Å². The molecular formula is C14H11ClFNO2. The summed E-state index contributed by atoms with van der Waals surface area (Å²) < 4.78 is 13.2. The van der Waals surface area contributed by atoms with Gasteiger partial charge in [0.15, 0.2) is 0 Å². The summed E-state index contributed by atoms with van der Waals surface area (Å²) in [4.78, 5) is 11.9. The third-order valence-corrected chi connectivity index (χ3v) is 3.05. The predicted octanol–water partition coefficient (Wildman–Crippen LogP) is 3.75. The summed E-state index contributed by atoms with van der Waals surface area (Å²) in [5, 5.41) is 11.9. The molecular weight excluding hydrogens is 269 g/mol. The highest BCUT2D eigenvalue weighted by Gasteiger charge is 2.13. The Morgan fingerprint density at radius 1 is 1.32 bits per heavy atom. The van der Waals surface area contributed by atoms with Gasteiger partial charge in [0, 0.05) is 11.8 Å². The number of benzene rings is 2. The molecule has 0 heterocycles. The number of anilines is 1. The first-order chi connectivity index (χ1) is 8.99. The Morgan fingerprint density at radius 2 is 2.05 bits per heavy atom. The van der Waals surface area contributed by atoms with Crippen molar-refractivity contribution in [3.8, 4) is 5.75 Å². The number of phenols is 1. The number of hydrogen-bond acceptors (Lipinski definition) is 2. The Bertz CT molecular complexity index is 643. The minimum atomic E-state index is -0.652. The van der Waals surface area contributed by atoms with Crippen molar-refractivity contribution in [2.75, 3.05) is 5.32 Å². The van der Waals surface area contributed by atoms with Crippen LogP contribution >= 0.6 is 11.6 Å². The lowest BCUT2D eigenvalue weighted by Crippen LogP contribution is -2.12. The van der Waals surface area contributed by atoms with Gasteiger partial charge in [-0.25, -0.2) is 4.39 Å². The lowest BCUT2D eigenvalue weighted by atomic mass is 10.1. The van der Waals surface area contributed by atoms with Crippen molar-refractivity contribution in [3.05, 3.63) is 58.4 Å². The molecule has 0 fully saturated rings. The van der Waals surface area contributed by atoms with Gasteiger partial charge < -0.3 is 10.4 Å². The summed E-state index contributed by atoms with van der Waals surface area (Å²) in [6, 6.07) is 8.73. The van der Waals surface area contributed by atoms with Gasteiger partial charge >= 0.3 is 0 Å². The van der Waals surface area contributed by atoms with Crippen molar-refractivity contribution in [1.82, 2.24) is 0 Å². The molecule has 1 amide bonds. The number of aryl methyl sites for hydroxylation is 1. The van der Waals surface area contributed by atoms with Crippen LogP contribution in [0.2, 0.25) is 5.02 Å². The van der Waals surface area contributed by atoms with E-state index in [9.17, 15) is 14.3 Å². The second-order valence-electron chi connectivity index (χ2n) is 4.06. The fourth-order valence-corrected chi connectivity index (χ4v) is 1.78. The summed E-state index contributed by atoms with van der Waals surface area (Å²) in [5.41, 5.74) is 1.15. The van der Waals surface area contributed by atoms with Crippen molar-refractivity contribution in [2.45, 2.75) is 6.92 Å². The van der Waals surface area contributed by atoms with Gasteiger partial charge in [-0.05, 0) is 30.7 Å². The summed E-state index contributed by atoms with van der Waals surface area (Å²) in [5.74, 6) is -1.11. The molecule has 19 heavy (non-hydrogen) atoms. The molecule has 3 nitrogen and oxygen atoms in total. The van der Waals surface area contributed by atoms with E-state index in [1.165, 1.54) is 24.3 Å². The van der Waals surface area contributed by atoms with Crippen LogP contribution in [0.1, 0.15) is 15.9 Å². The van der Waals surface area contributed by atoms with E-state index in [-0.39, 0.29) is 16.3 Å². The summed E-state index contributed by atoms with van der Waals surface area (Å²) >= 11 is 5.73. The predicted molar refractivity (Wildman–Crippen MR) is 72.2 cm³/mol. The minimum Gasteiger partial charge on any atom is -0.508 e. The van der Waals surface area contributed by atoms with Crippen LogP contribution in [0.5, 0.6) is 5.75 Å². The van der Waals surface area contributed by atoms with Crippen LogP contribution in [0, 0.1) is 12.7 Å². The first-order valence-electron chi connectivity index (χ1n) is 5.54. The molecule has 0 spiro atoms. The number of phenolic OH excluding ortho intramolecular Hbond substituents is 1. The fourth-order valence-electron chi connectivity index (χ4n) is 1.56. The number of carbonyl (C=O) groups excluding carboxylic acids is 1. The summed E-state index contributed by atoms with van der Waals surface area (Å²) in [6.45, 7) is 1.74. The number of halogens is 2. The Hall–Kier alpha value is -2.07. The molecule has 0 atom stereocenters. The van der Waals surface area contributed by atoms with Crippen molar-refractivity contribution in [3.63, 3.8) is 0 Å². The van der Waals surface area contributed by atoms with Crippen LogP contribution in [0.3, 0.4) is 0 Å². The minimum absolute atomic E-state index is 0.0433. The van der Waals surface area contributed by atoms with E-state index >= 15 is 0 Å². The highest BCUT2D eigenvalue weighted by molar-refractivity contribution is 6.34. The van der Waals surface area contributed by atoms with Gasteiger partial charge in [-0.2, -0.15) is 0 Å². The Labute approximate surface area is 114 Å². The maximum Gasteiger partial charge on any atom is 0.257 e. The molecule has 0 aliphatic carbocycles. The number of aromatic hydroxyl groups is 1. The molecule has 0 unspecified atom stereocenters. The van der Waals surface area contributed by atoms with Gasteiger partial charge in [0.1, 0.15) is 11.6 Å². The van der Waals surface area contributed by atoms with E-state index in [0.717, 1.165) is 0 Å². The number of rotatable bonds is 2. The molecule has 0 aromatic heterocycles. The van der Waals surface area contributed by atoms with Crippen LogP contribution in [0.25, 0.3) is 0 Å². The maximum atomic E-state index is 13.2. The Balaban J connectivity index is 2.26. The fraction of sp³-hybridized carbons (Fsp3) is 0.0714. The van der Waals surface area contributed by atoms with E-state index < -0.39 is 11.7 Å².